The monoisotopic (exact) mass is 338 g/mol. The number of carbonyl (C=O) groups is 1. The van der Waals surface area contributed by atoms with Gasteiger partial charge in [-0.05, 0) is 24.7 Å². The molecule has 2 aromatic rings. The molecule has 0 atom stereocenters. The van der Waals surface area contributed by atoms with Crippen LogP contribution in [-0.2, 0) is 13.1 Å². The van der Waals surface area contributed by atoms with E-state index in [9.17, 15) is 4.79 Å². The molecule has 6 nitrogen and oxygen atoms in total. The quantitative estimate of drug-likeness (QED) is 0.870. The third-order valence-corrected chi connectivity index (χ3v) is 3.36. The molecular weight excluding hydrogens is 324 g/mol. The van der Waals surface area contributed by atoms with E-state index in [2.05, 4.69) is 43.3 Å². The van der Waals surface area contributed by atoms with Gasteiger partial charge in [0.25, 0.3) is 0 Å². The van der Waals surface area contributed by atoms with Crippen molar-refractivity contribution in [1.82, 2.24) is 19.9 Å². The molecule has 1 N–H and O–H groups in total. The van der Waals surface area contributed by atoms with Crippen LogP contribution in [0.25, 0.3) is 0 Å². The average molecular weight is 339 g/mol. The van der Waals surface area contributed by atoms with Crippen LogP contribution in [0.1, 0.15) is 16.1 Å². The number of rotatable bonds is 6. The van der Waals surface area contributed by atoms with Crippen LogP contribution >= 0.6 is 15.9 Å². The topological polar surface area (TPSA) is 71.2 Å². The van der Waals surface area contributed by atoms with Crippen LogP contribution in [0.3, 0.4) is 0 Å². The lowest BCUT2D eigenvalue weighted by molar-refractivity contribution is 0.0690. The van der Waals surface area contributed by atoms with Crippen molar-refractivity contribution in [2.24, 2.45) is 0 Å². The van der Waals surface area contributed by atoms with Gasteiger partial charge in [-0.1, -0.05) is 33.3 Å². The van der Waals surface area contributed by atoms with Crippen molar-refractivity contribution in [2.45, 2.75) is 13.1 Å². The Labute approximate surface area is 125 Å². The van der Waals surface area contributed by atoms with Crippen LogP contribution < -0.4 is 0 Å². The maximum atomic E-state index is 10.7. The number of halogens is 1. The second-order valence-corrected chi connectivity index (χ2v) is 5.45. The Morgan fingerprint density at radius 3 is 2.70 bits per heavy atom. The summed E-state index contributed by atoms with van der Waals surface area (Å²) < 4.78 is 2.61. The van der Waals surface area contributed by atoms with Crippen LogP contribution in [0.4, 0.5) is 0 Å². The summed E-state index contributed by atoms with van der Waals surface area (Å²) in [7, 11) is 2.01. The summed E-state index contributed by atoms with van der Waals surface area (Å²) >= 11 is 3.41. The number of carboxylic acids is 1. The molecule has 7 heteroatoms. The fourth-order valence-electron chi connectivity index (χ4n) is 1.76. The predicted octanol–water partition coefficient (Wildman–Crippen LogP) is 1.87. The van der Waals surface area contributed by atoms with E-state index >= 15 is 0 Å². The Kier molecular flexibility index (Phi) is 4.86. The van der Waals surface area contributed by atoms with E-state index in [1.165, 1.54) is 11.8 Å². The summed E-state index contributed by atoms with van der Waals surface area (Å²) in [5.41, 5.74) is 1.20. The van der Waals surface area contributed by atoms with Gasteiger partial charge in [0, 0.05) is 17.6 Å². The lowest BCUT2D eigenvalue weighted by Gasteiger charge is -2.16. The number of benzene rings is 1. The zero-order valence-corrected chi connectivity index (χ0v) is 12.6. The summed E-state index contributed by atoms with van der Waals surface area (Å²) in [4.78, 5) is 12.8. The van der Waals surface area contributed by atoms with Crippen molar-refractivity contribution >= 4 is 21.9 Å². The molecule has 0 unspecified atom stereocenters. The molecule has 0 saturated carbocycles. The van der Waals surface area contributed by atoms with Gasteiger partial charge < -0.3 is 10.0 Å². The smallest absolute Gasteiger partial charge is 0.358 e. The van der Waals surface area contributed by atoms with Crippen LogP contribution in [0.2, 0.25) is 0 Å². The first-order chi connectivity index (χ1) is 9.54. The molecular formula is C13H15BrN4O2. The van der Waals surface area contributed by atoms with Crippen LogP contribution in [0.15, 0.2) is 34.9 Å². The summed E-state index contributed by atoms with van der Waals surface area (Å²) in [6.45, 7) is 2.19. The Bertz CT molecular complexity index is 582. The van der Waals surface area contributed by atoms with E-state index in [4.69, 9.17) is 5.11 Å². The minimum Gasteiger partial charge on any atom is -0.476 e. The number of aromatic nitrogens is 3. The summed E-state index contributed by atoms with van der Waals surface area (Å²) in [6.07, 6.45) is 1.44. The summed E-state index contributed by atoms with van der Waals surface area (Å²) in [6, 6.07) is 8.16. The Morgan fingerprint density at radius 2 is 2.10 bits per heavy atom. The number of carboxylic acid groups (broad SMARTS) is 1. The van der Waals surface area contributed by atoms with Gasteiger partial charge in [0.15, 0.2) is 5.69 Å². The van der Waals surface area contributed by atoms with Crippen molar-refractivity contribution in [3.05, 3.63) is 46.2 Å². The first kappa shape index (κ1) is 14.7. The first-order valence-electron chi connectivity index (χ1n) is 6.11. The third-order valence-electron chi connectivity index (χ3n) is 2.83. The van der Waals surface area contributed by atoms with E-state index in [-0.39, 0.29) is 5.69 Å². The highest BCUT2D eigenvalue weighted by atomic mass is 79.9. The van der Waals surface area contributed by atoms with Crippen LogP contribution in [0, 0.1) is 0 Å². The van der Waals surface area contributed by atoms with E-state index in [0.29, 0.717) is 6.54 Å². The largest absolute Gasteiger partial charge is 0.476 e. The minimum atomic E-state index is -1.06. The Balaban J connectivity index is 1.83. The van der Waals surface area contributed by atoms with Gasteiger partial charge in [-0.25, -0.2) is 4.79 Å². The second-order valence-electron chi connectivity index (χ2n) is 4.54. The molecule has 1 heterocycles. The summed E-state index contributed by atoms with van der Waals surface area (Å²) in [5, 5.41) is 16.1. The third kappa shape index (κ3) is 4.14. The highest BCUT2D eigenvalue weighted by Crippen LogP contribution is 2.11. The number of hydrogen-bond acceptors (Lipinski definition) is 4. The van der Waals surface area contributed by atoms with E-state index in [1.54, 1.807) is 4.68 Å². The molecule has 0 saturated heterocycles. The van der Waals surface area contributed by atoms with Crippen LogP contribution in [0.5, 0.6) is 0 Å². The molecule has 0 spiro atoms. The fraction of sp³-hybridized carbons (Fsp3) is 0.308. The molecule has 0 aliphatic heterocycles. The molecule has 0 radical (unpaired) electrons. The highest BCUT2D eigenvalue weighted by molar-refractivity contribution is 9.10. The summed E-state index contributed by atoms with van der Waals surface area (Å²) in [5.74, 6) is -1.06. The van der Waals surface area contributed by atoms with Crippen molar-refractivity contribution < 1.29 is 9.90 Å². The predicted molar refractivity (Wildman–Crippen MR) is 77.5 cm³/mol. The molecule has 1 aromatic heterocycles. The highest BCUT2D eigenvalue weighted by Gasteiger charge is 2.08. The molecule has 0 amide bonds. The Morgan fingerprint density at radius 1 is 1.40 bits per heavy atom. The second kappa shape index (κ2) is 6.62. The van der Waals surface area contributed by atoms with Crippen molar-refractivity contribution in [2.75, 3.05) is 13.6 Å². The molecule has 20 heavy (non-hydrogen) atoms. The van der Waals surface area contributed by atoms with Gasteiger partial charge in [-0.15, -0.1) is 5.10 Å². The SMILES string of the molecule is CN(CCn1cc(C(=O)O)nn1)Cc1ccc(Br)cc1. The first-order valence-corrected chi connectivity index (χ1v) is 6.90. The van der Waals surface area contributed by atoms with Crippen molar-refractivity contribution in [3.63, 3.8) is 0 Å². The van der Waals surface area contributed by atoms with Gasteiger partial charge >= 0.3 is 5.97 Å². The van der Waals surface area contributed by atoms with E-state index in [0.717, 1.165) is 17.6 Å². The van der Waals surface area contributed by atoms with Gasteiger partial charge in [0.1, 0.15) is 0 Å². The number of hydrogen-bond donors (Lipinski definition) is 1. The molecule has 0 aliphatic rings. The zero-order chi connectivity index (χ0) is 14.5. The normalized spacial score (nSPS) is 10.9. The van der Waals surface area contributed by atoms with Gasteiger partial charge in [-0.2, -0.15) is 0 Å². The molecule has 0 aliphatic carbocycles. The molecule has 1 aromatic carbocycles. The molecule has 0 fully saturated rings. The van der Waals surface area contributed by atoms with Crippen molar-refractivity contribution in [3.8, 4) is 0 Å². The molecule has 0 bridgehead atoms. The zero-order valence-electron chi connectivity index (χ0n) is 11.0. The van der Waals surface area contributed by atoms with Gasteiger partial charge in [0.2, 0.25) is 0 Å². The van der Waals surface area contributed by atoms with Crippen molar-refractivity contribution in [1.29, 1.82) is 0 Å². The lowest BCUT2D eigenvalue weighted by atomic mass is 10.2. The maximum absolute atomic E-state index is 10.7. The average Bonchev–Trinajstić information content (AvgIpc) is 2.88. The number of likely N-dealkylation sites (N-methyl/N-ethyl adjacent to an activating group) is 1. The number of aromatic carboxylic acids is 1. The van der Waals surface area contributed by atoms with E-state index in [1.807, 2.05) is 19.2 Å². The molecule has 2 rings (SSSR count). The molecule has 106 valence electrons. The minimum absolute atomic E-state index is 0.0273. The van der Waals surface area contributed by atoms with Crippen LogP contribution in [-0.4, -0.2) is 44.6 Å². The standard InChI is InChI=1S/C13H15BrN4O2/c1-17(8-10-2-4-11(14)5-3-10)6-7-18-9-12(13(19)20)15-16-18/h2-5,9H,6-8H2,1H3,(H,19,20). The fourth-order valence-corrected chi connectivity index (χ4v) is 2.02. The maximum Gasteiger partial charge on any atom is 0.358 e. The Hall–Kier alpha value is -1.73. The van der Waals surface area contributed by atoms with Gasteiger partial charge in [-0.3, -0.25) is 4.68 Å². The van der Waals surface area contributed by atoms with Gasteiger partial charge in [0.05, 0.1) is 12.7 Å². The number of nitrogens with zero attached hydrogens (tertiary/aromatic N) is 4. The van der Waals surface area contributed by atoms with E-state index < -0.39 is 5.97 Å². The lowest BCUT2D eigenvalue weighted by Crippen LogP contribution is -2.23.